The Morgan fingerprint density at radius 3 is 2.78 bits per heavy atom. The van der Waals surface area contributed by atoms with Gasteiger partial charge in [-0.2, -0.15) is 0 Å². The number of piperidine rings is 1. The van der Waals surface area contributed by atoms with Crippen molar-refractivity contribution >= 4 is 0 Å². The Labute approximate surface area is 112 Å². The van der Waals surface area contributed by atoms with Crippen LogP contribution in [-0.4, -0.2) is 61.8 Å². The summed E-state index contributed by atoms with van der Waals surface area (Å²) in [6, 6.07) is 0.825. The topological polar surface area (TPSA) is 15.7 Å². The zero-order valence-electron chi connectivity index (χ0n) is 12.2. The van der Waals surface area contributed by atoms with Crippen LogP contribution in [0.4, 0.5) is 0 Å². The predicted molar refractivity (Wildman–Crippen MR) is 75.9 cm³/mol. The Bertz CT molecular complexity index is 233. The SMILES string of the molecule is CC(C)COCCN1CCCN2CCCCC2C1. The largest absolute Gasteiger partial charge is 0.380 e. The Hall–Kier alpha value is -0.120. The van der Waals surface area contributed by atoms with E-state index in [4.69, 9.17) is 4.74 Å². The lowest BCUT2D eigenvalue weighted by Crippen LogP contribution is -2.44. The molecular formula is C15H30N2O. The second-order valence-corrected chi connectivity index (χ2v) is 6.31. The van der Waals surface area contributed by atoms with Crippen LogP contribution in [-0.2, 0) is 4.74 Å². The van der Waals surface area contributed by atoms with E-state index in [2.05, 4.69) is 23.6 Å². The van der Waals surface area contributed by atoms with Crippen LogP contribution in [0.25, 0.3) is 0 Å². The van der Waals surface area contributed by atoms with Crippen LogP contribution in [0.3, 0.4) is 0 Å². The summed E-state index contributed by atoms with van der Waals surface area (Å²) in [5.41, 5.74) is 0. The molecule has 1 atom stereocenters. The first kappa shape index (κ1) is 14.3. The van der Waals surface area contributed by atoms with Crippen molar-refractivity contribution in [3.8, 4) is 0 Å². The van der Waals surface area contributed by atoms with Crippen molar-refractivity contribution in [2.24, 2.45) is 5.92 Å². The molecule has 0 amide bonds. The second-order valence-electron chi connectivity index (χ2n) is 6.31. The molecule has 2 aliphatic rings. The predicted octanol–water partition coefficient (Wildman–Crippen LogP) is 2.22. The van der Waals surface area contributed by atoms with E-state index < -0.39 is 0 Å². The van der Waals surface area contributed by atoms with E-state index in [0.717, 1.165) is 25.8 Å². The molecule has 2 fully saturated rings. The highest BCUT2D eigenvalue weighted by atomic mass is 16.5. The van der Waals surface area contributed by atoms with Crippen LogP contribution in [0, 0.1) is 5.92 Å². The number of hydrogen-bond donors (Lipinski definition) is 0. The van der Waals surface area contributed by atoms with Crippen molar-refractivity contribution in [1.29, 1.82) is 0 Å². The van der Waals surface area contributed by atoms with Crippen molar-refractivity contribution in [1.82, 2.24) is 9.80 Å². The van der Waals surface area contributed by atoms with Gasteiger partial charge in [0.1, 0.15) is 0 Å². The second kappa shape index (κ2) is 7.46. The van der Waals surface area contributed by atoms with E-state index in [0.29, 0.717) is 5.92 Å². The fourth-order valence-electron chi connectivity index (χ4n) is 3.16. The summed E-state index contributed by atoms with van der Waals surface area (Å²) < 4.78 is 5.72. The van der Waals surface area contributed by atoms with Crippen LogP contribution in [0.15, 0.2) is 0 Å². The van der Waals surface area contributed by atoms with Gasteiger partial charge in [0, 0.05) is 25.7 Å². The zero-order valence-corrected chi connectivity index (χ0v) is 12.2. The van der Waals surface area contributed by atoms with Gasteiger partial charge in [-0.3, -0.25) is 9.80 Å². The smallest absolute Gasteiger partial charge is 0.0593 e. The van der Waals surface area contributed by atoms with Crippen LogP contribution >= 0.6 is 0 Å². The first-order valence-corrected chi connectivity index (χ1v) is 7.80. The molecule has 0 aliphatic carbocycles. The molecule has 2 rings (SSSR count). The first-order chi connectivity index (χ1) is 8.75. The molecule has 0 spiro atoms. The summed E-state index contributed by atoms with van der Waals surface area (Å²) in [7, 11) is 0. The summed E-state index contributed by atoms with van der Waals surface area (Å²) in [6.45, 7) is 12.5. The number of fused-ring (bicyclic) bond motifs is 1. The van der Waals surface area contributed by atoms with E-state index in [9.17, 15) is 0 Å². The molecule has 0 aromatic heterocycles. The van der Waals surface area contributed by atoms with E-state index in [-0.39, 0.29) is 0 Å². The maximum Gasteiger partial charge on any atom is 0.0593 e. The fraction of sp³-hybridized carbons (Fsp3) is 1.00. The Morgan fingerprint density at radius 1 is 1.11 bits per heavy atom. The van der Waals surface area contributed by atoms with Crippen molar-refractivity contribution in [3.63, 3.8) is 0 Å². The van der Waals surface area contributed by atoms with Gasteiger partial charge in [-0.1, -0.05) is 20.3 Å². The minimum atomic E-state index is 0.656. The Morgan fingerprint density at radius 2 is 1.94 bits per heavy atom. The van der Waals surface area contributed by atoms with E-state index in [1.807, 2.05) is 0 Å². The van der Waals surface area contributed by atoms with E-state index in [1.165, 1.54) is 51.9 Å². The molecule has 1 unspecified atom stereocenters. The van der Waals surface area contributed by atoms with Crippen LogP contribution in [0.1, 0.15) is 39.5 Å². The average molecular weight is 254 g/mol. The quantitative estimate of drug-likeness (QED) is 0.700. The van der Waals surface area contributed by atoms with Gasteiger partial charge in [0.2, 0.25) is 0 Å². The lowest BCUT2D eigenvalue weighted by Gasteiger charge is -2.35. The summed E-state index contributed by atoms with van der Waals surface area (Å²) in [5, 5.41) is 0. The molecule has 2 aliphatic heterocycles. The molecule has 2 heterocycles. The summed E-state index contributed by atoms with van der Waals surface area (Å²) in [4.78, 5) is 5.34. The minimum Gasteiger partial charge on any atom is -0.380 e. The number of hydrogen-bond acceptors (Lipinski definition) is 3. The van der Waals surface area contributed by atoms with Crippen molar-refractivity contribution in [2.75, 3.05) is 45.9 Å². The lowest BCUT2D eigenvalue weighted by atomic mass is 10.0. The van der Waals surface area contributed by atoms with Gasteiger partial charge >= 0.3 is 0 Å². The lowest BCUT2D eigenvalue weighted by molar-refractivity contribution is 0.0773. The molecule has 0 aromatic rings. The van der Waals surface area contributed by atoms with Crippen molar-refractivity contribution < 1.29 is 4.74 Å². The van der Waals surface area contributed by atoms with Crippen molar-refractivity contribution in [2.45, 2.75) is 45.6 Å². The minimum absolute atomic E-state index is 0.656. The molecule has 0 bridgehead atoms. The molecule has 2 saturated heterocycles. The maximum absolute atomic E-state index is 5.72. The van der Waals surface area contributed by atoms with Gasteiger partial charge < -0.3 is 4.74 Å². The van der Waals surface area contributed by atoms with Crippen LogP contribution < -0.4 is 0 Å². The van der Waals surface area contributed by atoms with Gasteiger partial charge in [0.15, 0.2) is 0 Å². The van der Waals surface area contributed by atoms with Gasteiger partial charge in [0.25, 0.3) is 0 Å². The van der Waals surface area contributed by atoms with Crippen LogP contribution in [0.2, 0.25) is 0 Å². The molecule has 3 heteroatoms. The molecular weight excluding hydrogens is 224 g/mol. The summed E-state index contributed by atoms with van der Waals surface area (Å²) in [5.74, 6) is 0.656. The molecule has 0 aromatic carbocycles. The molecule has 3 nitrogen and oxygen atoms in total. The first-order valence-electron chi connectivity index (χ1n) is 7.80. The highest BCUT2D eigenvalue weighted by molar-refractivity contribution is 4.83. The third-order valence-electron chi connectivity index (χ3n) is 4.14. The standard InChI is InChI=1S/C15H30N2O/c1-14(2)13-18-11-10-16-7-5-9-17-8-4-3-6-15(17)12-16/h14-15H,3-13H2,1-2H3. The fourth-order valence-corrected chi connectivity index (χ4v) is 3.16. The maximum atomic E-state index is 5.72. The third-order valence-corrected chi connectivity index (χ3v) is 4.14. The molecule has 0 radical (unpaired) electrons. The summed E-state index contributed by atoms with van der Waals surface area (Å²) >= 11 is 0. The van der Waals surface area contributed by atoms with Crippen LogP contribution in [0.5, 0.6) is 0 Å². The van der Waals surface area contributed by atoms with E-state index in [1.54, 1.807) is 0 Å². The third kappa shape index (κ3) is 4.52. The average Bonchev–Trinajstić information content (AvgIpc) is 2.56. The molecule has 0 N–H and O–H groups in total. The molecule has 106 valence electrons. The number of rotatable bonds is 5. The Balaban J connectivity index is 1.69. The number of nitrogens with zero attached hydrogens (tertiary/aromatic N) is 2. The number of ether oxygens (including phenoxy) is 1. The zero-order chi connectivity index (χ0) is 12.8. The van der Waals surface area contributed by atoms with Crippen molar-refractivity contribution in [3.05, 3.63) is 0 Å². The molecule has 18 heavy (non-hydrogen) atoms. The van der Waals surface area contributed by atoms with Gasteiger partial charge in [-0.05, 0) is 44.8 Å². The summed E-state index contributed by atoms with van der Waals surface area (Å²) in [6.07, 6.45) is 5.58. The van der Waals surface area contributed by atoms with Gasteiger partial charge in [0.05, 0.1) is 6.61 Å². The monoisotopic (exact) mass is 254 g/mol. The highest BCUT2D eigenvalue weighted by Gasteiger charge is 2.26. The van der Waals surface area contributed by atoms with E-state index >= 15 is 0 Å². The Kier molecular flexibility index (Phi) is 5.93. The highest BCUT2D eigenvalue weighted by Crippen LogP contribution is 2.20. The molecule has 0 saturated carbocycles. The normalized spacial score (nSPS) is 27.2. The van der Waals surface area contributed by atoms with Gasteiger partial charge in [-0.15, -0.1) is 0 Å². The van der Waals surface area contributed by atoms with Gasteiger partial charge in [-0.25, -0.2) is 0 Å².